The van der Waals surface area contributed by atoms with Crippen molar-refractivity contribution in [3.8, 4) is 5.75 Å². The van der Waals surface area contributed by atoms with Gasteiger partial charge in [-0.15, -0.1) is 23.7 Å². The second-order valence-electron chi connectivity index (χ2n) is 3.45. The minimum absolute atomic E-state index is 0. The molecule has 2 aromatic rings. The topological polar surface area (TPSA) is 95.4 Å². The molecule has 0 saturated heterocycles. The molecule has 0 aliphatic rings. The van der Waals surface area contributed by atoms with Crippen LogP contribution in [0, 0.1) is 0 Å². The van der Waals surface area contributed by atoms with E-state index in [4.69, 9.17) is 15.6 Å². The van der Waals surface area contributed by atoms with Crippen LogP contribution in [0.15, 0.2) is 28.5 Å². The van der Waals surface area contributed by atoms with Crippen LogP contribution < -0.4 is 15.6 Å². The summed E-state index contributed by atoms with van der Waals surface area (Å²) in [5, 5.41) is 5.87. The number of nitrogens with two attached hydrogens (primary N) is 2. The monoisotopic (exact) mass is 308 g/mol. The number of benzene rings is 1. The molecular weight excluding hydrogens is 296 g/mol. The Labute approximate surface area is 115 Å². The normalized spacial score (nSPS) is 11.2. The molecule has 0 saturated carbocycles. The van der Waals surface area contributed by atoms with Crippen LogP contribution in [0.1, 0.15) is 0 Å². The van der Waals surface area contributed by atoms with Gasteiger partial charge in [-0.25, -0.2) is 13.6 Å². The van der Waals surface area contributed by atoms with Gasteiger partial charge < -0.3 is 10.5 Å². The fraction of sp³-hybridized carbons (Fsp3) is 0.200. The Bertz CT molecular complexity index is 640. The van der Waals surface area contributed by atoms with Crippen molar-refractivity contribution >= 4 is 43.9 Å². The largest absolute Gasteiger partial charge is 0.492 e. The van der Waals surface area contributed by atoms with Crippen molar-refractivity contribution in [3.63, 3.8) is 0 Å². The number of sulfonamides is 1. The van der Waals surface area contributed by atoms with Crippen LogP contribution in [0.25, 0.3) is 10.1 Å². The first kappa shape index (κ1) is 15.2. The third-order valence-electron chi connectivity index (χ3n) is 2.13. The lowest BCUT2D eigenvalue weighted by atomic mass is 10.2. The highest BCUT2D eigenvalue weighted by Gasteiger charge is 2.12. The third-order valence-corrected chi connectivity index (χ3v) is 4.67. The zero-order valence-corrected chi connectivity index (χ0v) is 11.8. The fourth-order valence-electron chi connectivity index (χ4n) is 1.40. The molecule has 5 nitrogen and oxygen atoms in total. The Kier molecular flexibility index (Phi) is 4.94. The number of fused-ring (bicyclic) bond motifs is 1. The summed E-state index contributed by atoms with van der Waals surface area (Å²) in [5.41, 5.74) is 5.33. The van der Waals surface area contributed by atoms with E-state index in [9.17, 15) is 8.42 Å². The number of rotatable bonds is 4. The van der Waals surface area contributed by atoms with E-state index < -0.39 is 10.0 Å². The number of thiophene rings is 1. The Morgan fingerprint density at radius 1 is 1.28 bits per heavy atom. The highest BCUT2D eigenvalue weighted by molar-refractivity contribution is 7.91. The van der Waals surface area contributed by atoms with Crippen molar-refractivity contribution in [2.45, 2.75) is 4.21 Å². The predicted molar refractivity (Wildman–Crippen MR) is 75.0 cm³/mol. The summed E-state index contributed by atoms with van der Waals surface area (Å²) in [4.78, 5) is 0. The standard InChI is InChI=1S/C10H12N2O3S2.ClH/c11-3-4-15-8-1-2-9-7(5-8)6-10(16-9)17(12,13)14;/h1-2,5-6H,3-4,11H2,(H2,12,13,14);1H. The number of hydrogen-bond acceptors (Lipinski definition) is 5. The van der Waals surface area contributed by atoms with E-state index in [0.29, 0.717) is 18.9 Å². The van der Waals surface area contributed by atoms with Gasteiger partial charge in [0.2, 0.25) is 10.0 Å². The number of halogens is 1. The van der Waals surface area contributed by atoms with Crippen molar-refractivity contribution < 1.29 is 13.2 Å². The molecule has 0 aliphatic heterocycles. The average Bonchev–Trinajstić information content (AvgIpc) is 2.68. The Balaban J connectivity index is 0.00000162. The molecular formula is C10H13ClN2O3S2. The summed E-state index contributed by atoms with van der Waals surface area (Å²) in [7, 11) is -3.64. The third kappa shape index (κ3) is 3.33. The van der Waals surface area contributed by atoms with E-state index in [1.165, 1.54) is 0 Å². The van der Waals surface area contributed by atoms with Crippen LogP contribution >= 0.6 is 23.7 Å². The zero-order valence-electron chi connectivity index (χ0n) is 9.33. The fourth-order valence-corrected chi connectivity index (χ4v) is 3.20. The summed E-state index contributed by atoms with van der Waals surface area (Å²) >= 11 is 1.14. The number of ether oxygens (including phenoxy) is 1. The van der Waals surface area contributed by atoms with Gasteiger partial charge in [-0.2, -0.15) is 0 Å². The second kappa shape index (κ2) is 5.85. The molecule has 0 amide bonds. The lowest BCUT2D eigenvalue weighted by Gasteiger charge is -2.03. The van der Waals surface area contributed by atoms with E-state index in [1.807, 2.05) is 0 Å². The van der Waals surface area contributed by atoms with Gasteiger partial charge in [0.25, 0.3) is 0 Å². The van der Waals surface area contributed by atoms with Crippen LogP contribution in [-0.4, -0.2) is 21.6 Å². The Hall–Kier alpha value is -0.860. The van der Waals surface area contributed by atoms with Gasteiger partial charge in [-0.3, -0.25) is 0 Å². The maximum atomic E-state index is 11.2. The number of hydrogen-bond donors (Lipinski definition) is 2. The molecule has 0 unspecified atom stereocenters. The average molecular weight is 309 g/mol. The summed E-state index contributed by atoms with van der Waals surface area (Å²) in [5.74, 6) is 0.668. The molecule has 8 heteroatoms. The second-order valence-corrected chi connectivity index (χ2v) is 6.32. The highest BCUT2D eigenvalue weighted by atomic mass is 35.5. The molecule has 0 atom stereocenters. The molecule has 1 aromatic carbocycles. The van der Waals surface area contributed by atoms with Crippen LogP contribution in [-0.2, 0) is 10.0 Å². The lowest BCUT2D eigenvalue weighted by Crippen LogP contribution is -2.10. The molecule has 0 spiro atoms. The summed E-state index contributed by atoms with van der Waals surface area (Å²) in [6.07, 6.45) is 0. The van der Waals surface area contributed by atoms with E-state index in [1.54, 1.807) is 24.3 Å². The molecule has 0 fully saturated rings. The first-order valence-electron chi connectivity index (χ1n) is 4.90. The van der Waals surface area contributed by atoms with Crippen molar-refractivity contribution in [1.29, 1.82) is 0 Å². The Morgan fingerprint density at radius 2 is 2.00 bits per heavy atom. The highest BCUT2D eigenvalue weighted by Crippen LogP contribution is 2.30. The van der Waals surface area contributed by atoms with Gasteiger partial charge in [-0.1, -0.05) is 0 Å². The van der Waals surface area contributed by atoms with E-state index >= 15 is 0 Å². The van der Waals surface area contributed by atoms with Gasteiger partial charge in [0, 0.05) is 11.2 Å². The van der Waals surface area contributed by atoms with E-state index in [0.717, 1.165) is 21.4 Å². The van der Waals surface area contributed by atoms with Gasteiger partial charge >= 0.3 is 0 Å². The Morgan fingerprint density at radius 3 is 2.61 bits per heavy atom. The number of primary sulfonamides is 1. The maximum Gasteiger partial charge on any atom is 0.247 e. The van der Waals surface area contributed by atoms with E-state index in [2.05, 4.69) is 0 Å². The van der Waals surface area contributed by atoms with Crippen LogP contribution in [0.5, 0.6) is 5.75 Å². The maximum absolute atomic E-state index is 11.2. The predicted octanol–water partition coefficient (Wildman–Crippen LogP) is 1.31. The molecule has 0 radical (unpaired) electrons. The minimum atomic E-state index is -3.64. The SMILES string of the molecule is Cl.NCCOc1ccc2sc(S(N)(=O)=O)cc2c1. The quantitative estimate of drug-likeness (QED) is 0.890. The van der Waals surface area contributed by atoms with Gasteiger partial charge in [-0.05, 0) is 29.7 Å². The van der Waals surface area contributed by atoms with Crippen molar-refractivity contribution in [1.82, 2.24) is 0 Å². The molecule has 2 rings (SSSR count). The summed E-state index contributed by atoms with van der Waals surface area (Å²) < 4.78 is 28.8. The summed E-state index contributed by atoms with van der Waals surface area (Å²) in [6, 6.07) is 6.91. The van der Waals surface area contributed by atoms with Gasteiger partial charge in [0.15, 0.2) is 0 Å². The smallest absolute Gasteiger partial charge is 0.247 e. The van der Waals surface area contributed by atoms with E-state index in [-0.39, 0.29) is 16.6 Å². The van der Waals surface area contributed by atoms with Crippen molar-refractivity contribution in [2.75, 3.05) is 13.2 Å². The molecule has 1 aromatic heterocycles. The molecule has 100 valence electrons. The van der Waals surface area contributed by atoms with Crippen molar-refractivity contribution in [2.24, 2.45) is 10.9 Å². The van der Waals surface area contributed by atoms with Crippen molar-refractivity contribution in [3.05, 3.63) is 24.3 Å². The summed E-state index contributed by atoms with van der Waals surface area (Å²) in [6.45, 7) is 0.863. The molecule has 18 heavy (non-hydrogen) atoms. The van der Waals surface area contributed by atoms with Gasteiger partial charge in [0.1, 0.15) is 16.6 Å². The van der Waals surface area contributed by atoms with Crippen LogP contribution in [0.3, 0.4) is 0 Å². The molecule has 1 heterocycles. The van der Waals surface area contributed by atoms with Gasteiger partial charge in [0.05, 0.1) is 0 Å². The van der Waals surface area contributed by atoms with Crippen LogP contribution in [0.4, 0.5) is 0 Å². The molecule has 0 bridgehead atoms. The first-order valence-corrected chi connectivity index (χ1v) is 7.26. The lowest BCUT2D eigenvalue weighted by molar-refractivity contribution is 0.329. The molecule has 0 aliphatic carbocycles. The first-order chi connectivity index (χ1) is 8.00. The zero-order chi connectivity index (χ0) is 12.5. The minimum Gasteiger partial charge on any atom is -0.492 e. The molecule has 4 N–H and O–H groups in total. The van der Waals surface area contributed by atoms with Crippen LogP contribution in [0.2, 0.25) is 0 Å².